The summed E-state index contributed by atoms with van der Waals surface area (Å²) in [6.45, 7) is 7.11. The summed E-state index contributed by atoms with van der Waals surface area (Å²) >= 11 is 0. The van der Waals surface area contributed by atoms with Gasteiger partial charge in [-0.25, -0.2) is 0 Å². The van der Waals surface area contributed by atoms with Gasteiger partial charge < -0.3 is 58.5 Å². The molecule has 58 heavy (non-hydrogen) atoms. The first-order valence-corrected chi connectivity index (χ1v) is 19.9. The molecular weight excluding hydrogens is 758 g/mol. The number of likely N-dealkylation sites (N-methyl/N-ethyl adjacent to an activating group) is 1. The van der Waals surface area contributed by atoms with Crippen molar-refractivity contribution in [3.63, 3.8) is 0 Å². The van der Waals surface area contributed by atoms with Crippen LogP contribution in [0.2, 0.25) is 0 Å². The van der Waals surface area contributed by atoms with Crippen molar-refractivity contribution < 1.29 is 72.8 Å². The molecule has 316 valence electrons. The third-order valence-electron chi connectivity index (χ3n) is 12.5. The third kappa shape index (κ3) is 7.36. The van der Waals surface area contributed by atoms with E-state index >= 15 is 0 Å². The lowest BCUT2D eigenvalue weighted by molar-refractivity contribution is -0.324. The molecule has 2 aromatic rings. The standard InChI is InChI=1S/C42H53NO15/c1-8-42(51)16-28(32-22(34(42)40(50)52-7)14-23-33(37(32)49)36(48)31-21(35(23)47)10-9-11-26(31)45)56-41-18(2)38(24(17-53-41)43(5)6)58-30-15-27(46)39(20(4)55-30)57-29-13-12-25(44)19(3)54-29/h9-11,14,18-20,24,27-30,34,38-39,41,45-46,49,51H,8,12-13,15-17H2,1-7H3/t18-,19-,20-,24+,27-,28-,29-,30+,34-,38+,39+,41+,42+/m0/s1. The van der Waals surface area contributed by atoms with E-state index in [1.165, 1.54) is 31.4 Å². The second-order valence-electron chi connectivity index (χ2n) is 16.3. The van der Waals surface area contributed by atoms with Gasteiger partial charge >= 0.3 is 5.97 Å². The molecule has 4 N–H and O–H groups in total. The monoisotopic (exact) mass is 811 g/mol. The number of esters is 1. The summed E-state index contributed by atoms with van der Waals surface area (Å²) in [5.74, 6) is -5.20. The lowest BCUT2D eigenvalue weighted by Crippen LogP contribution is -2.59. The number of nitrogens with zero attached hydrogens (tertiary/aromatic N) is 1. The number of hydrogen-bond acceptors (Lipinski definition) is 16. The van der Waals surface area contributed by atoms with Crippen molar-refractivity contribution in [2.24, 2.45) is 5.92 Å². The minimum absolute atomic E-state index is 0.00106. The fraction of sp³-hybridized carbons (Fsp3) is 0.619. The lowest BCUT2D eigenvalue weighted by atomic mass is 9.67. The summed E-state index contributed by atoms with van der Waals surface area (Å²) in [4.78, 5) is 55.1. The Morgan fingerprint density at radius 3 is 2.34 bits per heavy atom. The van der Waals surface area contributed by atoms with Gasteiger partial charge in [0.2, 0.25) is 5.78 Å². The summed E-state index contributed by atoms with van der Waals surface area (Å²) in [6.07, 6.45) is -6.62. The molecule has 13 atom stereocenters. The summed E-state index contributed by atoms with van der Waals surface area (Å²) in [7, 11) is 4.92. The van der Waals surface area contributed by atoms with Gasteiger partial charge in [-0.1, -0.05) is 26.0 Å². The van der Waals surface area contributed by atoms with E-state index in [0.29, 0.717) is 12.8 Å². The van der Waals surface area contributed by atoms with Crippen LogP contribution in [0.4, 0.5) is 0 Å². The first-order valence-electron chi connectivity index (χ1n) is 19.9. The third-order valence-corrected chi connectivity index (χ3v) is 12.5. The van der Waals surface area contributed by atoms with Crippen LogP contribution in [0.25, 0.3) is 0 Å². The van der Waals surface area contributed by atoms with E-state index in [1.54, 1.807) is 20.8 Å². The Morgan fingerprint density at radius 1 is 0.966 bits per heavy atom. The Hall–Kier alpha value is -3.84. The van der Waals surface area contributed by atoms with Crippen molar-refractivity contribution in [3.05, 3.63) is 57.6 Å². The van der Waals surface area contributed by atoms with Gasteiger partial charge in [0.1, 0.15) is 29.6 Å². The van der Waals surface area contributed by atoms with Crippen molar-refractivity contribution in [1.82, 2.24) is 4.90 Å². The first kappa shape index (κ1) is 42.3. The fourth-order valence-electron chi connectivity index (χ4n) is 9.21. The molecule has 7 rings (SSSR count). The summed E-state index contributed by atoms with van der Waals surface area (Å²) in [5, 5.41) is 46.1. The number of ketones is 3. The molecule has 2 aromatic carbocycles. The van der Waals surface area contributed by atoms with Gasteiger partial charge in [-0.15, -0.1) is 0 Å². The Bertz CT molecular complexity index is 1940. The van der Waals surface area contributed by atoms with E-state index in [0.717, 1.165) is 0 Å². The van der Waals surface area contributed by atoms with Crippen molar-refractivity contribution in [2.45, 2.75) is 133 Å². The molecule has 3 saturated heterocycles. The van der Waals surface area contributed by atoms with Gasteiger partial charge in [-0.2, -0.15) is 0 Å². The summed E-state index contributed by atoms with van der Waals surface area (Å²) < 4.78 is 42.8. The fourth-order valence-corrected chi connectivity index (χ4v) is 9.21. The van der Waals surface area contributed by atoms with Gasteiger partial charge in [0.25, 0.3) is 0 Å². The Balaban J connectivity index is 1.18. The number of rotatable bonds is 9. The maximum atomic E-state index is 14.0. The van der Waals surface area contributed by atoms with Crippen LogP contribution in [0, 0.1) is 5.92 Å². The van der Waals surface area contributed by atoms with Crippen molar-refractivity contribution in [3.8, 4) is 11.5 Å². The highest BCUT2D eigenvalue weighted by molar-refractivity contribution is 6.30. The minimum atomic E-state index is -1.78. The van der Waals surface area contributed by atoms with Crippen LogP contribution >= 0.6 is 0 Å². The van der Waals surface area contributed by atoms with E-state index in [1.807, 2.05) is 25.9 Å². The number of aromatic hydroxyl groups is 2. The molecule has 3 fully saturated rings. The highest BCUT2D eigenvalue weighted by atomic mass is 16.7. The smallest absolute Gasteiger partial charge is 0.316 e. The number of ether oxygens (including phenoxy) is 7. The van der Waals surface area contributed by atoms with E-state index in [4.69, 9.17) is 33.2 Å². The molecule has 2 aliphatic carbocycles. The number of aliphatic hydroxyl groups excluding tert-OH is 1. The normalized spacial score (nSPS) is 36.3. The Labute approximate surface area is 336 Å². The molecule has 0 unspecified atom stereocenters. The maximum absolute atomic E-state index is 14.0. The highest BCUT2D eigenvalue weighted by Crippen LogP contribution is 2.54. The van der Waals surface area contributed by atoms with Gasteiger partial charge in [0.15, 0.2) is 30.4 Å². The number of hydrogen-bond donors (Lipinski definition) is 4. The SMILES string of the molecule is CC[C@@]1(O)C[C@H](O[C@H]2OC[C@@H](N(C)C)[C@H](O[C@@H]3C[C@H](O)[C@H](O[C@H]4CCC(=O)[C@H](C)O4)[C@H](C)O3)[C@@H]2C)c2c(cc3c(c2O)C(=O)c2c(O)cccc2C3=O)[C@H]1C(=O)OC. The highest BCUT2D eigenvalue weighted by Gasteiger charge is 2.54. The molecule has 0 radical (unpaired) electrons. The van der Waals surface area contributed by atoms with Crippen molar-refractivity contribution in [1.29, 1.82) is 0 Å². The number of phenolic OH excluding ortho intramolecular Hbond substituents is 2. The zero-order valence-electron chi connectivity index (χ0n) is 33.7. The van der Waals surface area contributed by atoms with Crippen molar-refractivity contribution >= 4 is 23.3 Å². The minimum Gasteiger partial charge on any atom is -0.507 e. The molecule has 0 spiro atoms. The van der Waals surface area contributed by atoms with E-state index in [9.17, 15) is 39.6 Å². The van der Waals surface area contributed by atoms with Crippen LogP contribution in [0.5, 0.6) is 11.5 Å². The second kappa shape index (κ2) is 16.3. The number of methoxy groups -OCH3 is 1. The number of benzene rings is 2. The van der Waals surface area contributed by atoms with Crippen LogP contribution in [0.1, 0.15) is 115 Å². The number of carbonyl (C=O) groups excluding carboxylic acids is 4. The molecule has 0 saturated carbocycles. The zero-order valence-corrected chi connectivity index (χ0v) is 33.7. The Morgan fingerprint density at radius 2 is 1.69 bits per heavy atom. The Kier molecular flexibility index (Phi) is 11.9. The van der Waals surface area contributed by atoms with Gasteiger partial charge in [-0.3, -0.25) is 19.2 Å². The van der Waals surface area contributed by atoms with E-state index < -0.39 is 102 Å². The summed E-state index contributed by atoms with van der Waals surface area (Å²) in [5.41, 5.74) is -2.58. The molecule has 0 amide bonds. The molecular formula is C42H53NO15. The maximum Gasteiger partial charge on any atom is 0.316 e. The second-order valence-corrected chi connectivity index (χ2v) is 16.3. The first-order chi connectivity index (χ1) is 27.5. The average molecular weight is 812 g/mol. The van der Waals surface area contributed by atoms with Gasteiger partial charge in [0, 0.05) is 48.3 Å². The quantitative estimate of drug-likeness (QED) is 0.229. The number of Topliss-reactive ketones (excluding diaryl/α,β-unsaturated/α-hetero) is 1. The van der Waals surface area contributed by atoms with E-state index in [-0.39, 0.29) is 71.1 Å². The average Bonchev–Trinajstić information content (AvgIpc) is 3.17. The number of aliphatic hydroxyl groups is 2. The topological polar surface area (TPSA) is 217 Å². The van der Waals surface area contributed by atoms with Crippen LogP contribution in [-0.2, 0) is 42.7 Å². The van der Waals surface area contributed by atoms with Gasteiger partial charge in [-0.05, 0) is 52.1 Å². The molecule has 3 heterocycles. The van der Waals surface area contributed by atoms with Crippen LogP contribution in [0.3, 0.4) is 0 Å². The summed E-state index contributed by atoms with van der Waals surface area (Å²) in [6, 6.07) is 5.12. The molecule has 5 aliphatic rings. The van der Waals surface area contributed by atoms with Gasteiger partial charge in [0.05, 0.1) is 60.9 Å². The molecule has 16 nitrogen and oxygen atoms in total. The number of phenols is 2. The molecule has 3 aliphatic heterocycles. The van der Waals surface area contributed by atoms with Crippen LogP contribution < -0.4 is 0 Å². The molecule has 0 aromatic heterocycles. The van der Waals surface area contributed by atoms with Crippen LogP contribution in [-0.4, -0.2) is 137 Å². The largest absolute Gasteiger partial charge is 0.507 e. The predicted octanol–water partition coefficient (Wildman–Crippen LogP) is 3.02. The lowest BCUT2D eigenvalue weighted by Gasteiger charge is -2.48. The number of carbonyl (C=O) groups is 4. The zero-order chi connectivity index (χ0) is 42.0. The predicted molar refractivity (Wildman–Crippen MR) is 201 cm³/mol. The number of fused-ring (bicyclic) bond motifs is 3. The van der Waals surface area contributed by atoms with Crippen LogP contribution in [0.15, 0.2) is 24.3 Å². The van der Waals surface area contributed by atoms with E-state index in [2.05, 4.69) is 0 Å². The van der Waals surface area contributed by atoms with Crippen molar-refractivity contribution in [2.75, 3.05) is 27.8 Å². The molecule has 16 heteroatoms. The molecule has 0 bridgehead atoms.